The number of nitrogens with one attached hydrogen (secondary N) is 1. The topological polar surface area (TPSA) is 108 Å². The van der Waals surface area contributed by atoms with E-state index >= 15 is 0 Å². The lowest BCUT2D eigenvalue weighted by atomic mass is 9.47. The summed E-state index contributed by atoms with van der Waals surface area (Å²) in [5, 5.41) is 26.2. The van der Waals surface area contributed by atoms with Crippen LogP contribution in [0.3, 0.4) is 0 Å². The fraction of sp³-hybridized carbons (Fsp3) is 0.792. The predicted molar refractivity (Wildman–Crippen MR) is 125 cm³/mol. The van der Waals surface area contributed by atoms with Gasteiger partial charge in [-0.15, -0.1) is 0 Å². The predicted octanol–water partition coefficient (Wildman–Crippen LogP) is 3.18. The Hall–Kier alpha value is -1.54. The molecule has 0 aliphatic heterocycles. The van der Waals surface area contributed by atoms with Crippen LogP contribution in [0.5, 0.6) is 0 Å². The van der Waals surface area contributed by atoms with Crippen LogP contribution in [-0.2, 0) is 14.4 Å². The number of thiol groups is 1. The van der Waals surface area contributed by atoms with Crippen molar-refractivity contribution in [2.75, 3.05) is 12.4 Å². The van der Waals surface area contributed by atoms with Crippen LogP contribution < -0.4 is 5.32 Å². The smallest absolute Gasteiger partial charge is 0.327 e. The van der Waals surface area contributed by atoms with Crippen molar-refractivity contribution in [3.8, 4) is 0 Å². The van der Waals surface area contributed by atoms with Crippen LogP contribution in [0.4, 0.5) is 0 Å². The Morgan fingerprint density at radius 3 is 2.72 bits per heavy atom. The average molecular weight is 465 g/mol. The lowest BCUT2D eigenvalue weighted by molar-refractivity contribution is -0.141. The summed E-state index contributed by atoms with van der Waals surface area (Å²) < 4.78 is 0. The lowest BCUT2D eigenvalue weighted by Crippen LogP contribution is -2.51. The molecule has 0 aromatic heterocycles. The second-order valence-electron chi connectivity index (χ2n) is 10.6. The highest BCUT2D eigenvalue weighted by atomic mass is 32.1. The van der Waals surface area contributed by atoms with E-state index in [4.69, 9.17) is 9.94 Å². The minimum absolute atomic E-state index is 0.0153. The Kier molecular flexibility index (Phi) is 6.65. The van der Waals surface area contributed by atoms with Gasteiger partial charge in [-0.2, -0.15) is 12.6 Å². The molecule has 3 N–H and O–H groups in total. The summed E-state index contributed by atoms with van der Waals surface area (Å²) in [6.07, 6.45) is 10.5. The van der Waals surface area contributed by atoms with Gasteiger partial charge in [-0.05, 0) is 86.0 Å². The summed E-state index contributed by atoms with van der Waals surface area (Å²) in [5.74, 6) is 0.365. The number of aliphatic carboxylic acids is 1. The fourth-order valence-electron chi connectivity index (χ4n) is 7.21. The summed E-state index contributed by atoms with van der Waals surface area (Å²) in [5.41, 5.74) is 2.57. The maximum atomic E-state index is 11.9. The van der Waals surface area contributed by atoms with Crippen molar-refractivity contribution in [1.82, 2.24) is 5.32 Å². The molecule has 0 radical (unpaired) electrons. The van der Waals surface area contributed by atoms with Crippen molar-refractivity contribution in [1.29, 1.82) is 0 Å². The molecule has 4 aliphatic carbocycles. The van der Waals surface area contributed by atoms with E-state index < -0.39 is 17.9 Å². The van der Waals surface area contributed by atoms with Gasteiger partial charge in [0, 0.05) is 5.75 Å². The van der Waals surface area contributed by atoms with E-state index in [1.54, 1.807) is 0 Å². The number of hydrogen-bond acceptors (Lipinski definition) is 6. The van der Waals surface area contributed by atoms with Crippen molar-refractivity contribution in [2.45, 2.75) is 77.4 Å². The molecular formula is C24H36N2O5S. The van der Waals surface area contributed by atoms with Gasteiger partial charge in [-0.3, -0.25) is 4.79 Å². The molecule has 3 fully saturated rings. The Morgan fingerprint density at radius 1 is 1.22 bits per heavy atom. The van der Waals surface area contributed by atoms with Gasteiger partial charge in [-0.25, -0.2) is 4.79 Å². The monoisotopic (exact) mass is 464 g/mol. The second-order valence-corrected chi connectivity index (χ2v) is 11.0. The van der Waals surface area contributed by atoms with Gasteiger partial charge in [-0.1, -0.05) is 24.6 Å². The number of fused-ring (bicyclic) bond motifs is 5. The molecule has 1 amide bonds. The molecule has 4 aliphatic rings. The number of hydrogen-bond donors (Lipinski definition) is 4. The number of rotatable bonds is 6. The number of carboxylic acid groups (broad SMARTS) is 1. The number of nitrogens with zero attached hydrogens (tertiary/aromatic N) is 1. The number of aliphatic hydroxyl groups excluding tert-OH is 1. The number of allylic oxidation sites excluding steroid dienone is 2. The van der Waals surface area contributed by atoms with E-state index in [-0.39, 0.29) is 29.3 Å². The zero-order valence-corrected chi connectivity index (χ0v) is 19.9. The molecule has 178 valence electrons. The van der Waals surface area contributed by atoms with Crippen molar-refractivity contribution < 1.29 is 24.6 Å². The van der Waals surface area contributed by atoms with Gasteiger partial charge in [0.05, 0.1) is 11.8 Å². The fourth-order valence-corrected chi connectivity index (χ4v) is 7.46. The molecule has 7 nitrogen and oxygen atoms in total. The van der Waals surface area contributed by atoms with Crippen LogP contribution in [0.1, 0.15) is 65.2 Å². The summed E-state index contributed by atoms with van der Waals surface area (Å²) >= 11 is 3.93. The molecule has 3 saturated carbocycles. The van der Waals surface area contributed by atoms with Gasteiger partial charge in [0.15, 0.2) is 6.61 Å². The van der Waals surface area contributed by atoms with Gasteiger partial charge in [0.25, 0.3) is 5.91 Å². The van der Waals surface area contributed by atoms with E-state index in [9.17, 15) is 14.7 Å². The third kappa shape index (κ3) is 4.09. The molecule has 0 aromatic rings. The summed E-state index contributed by atoms with van der Waals surface area (Å²) in [4.78, 5) is 28.1. The minimum atomic E-state index is -1.12. The van der Waals surface area contributed by atoms with Crippen LogP contribution in [0.25, 0.3) is 0 Å². The highest BCUT2D eigenvalue weighted by Gasteiger charge is 2.58. The molecule has 0 spiro atoms. The Morgan fingerprint density at radius 2 is 2.00 bits per heavy atom. The third-order valence-electron chi connectivity index (χ3n) is 9.12. The SMILES string of the molecule is C[C@]12CCC3C(CCC4=C/C(=N/OCC(=O)NC(CS)C(=O)O)CC[C@@]43C)C1CCC2O. The highest BCUT2D eigenvalue weighted by Crippen LogP contribution is 2.65. The van der Waals surface area contributed by atoms with Crippen molar-refractivity contribution in [2.24, 2.45) is 33.7 Å². The van der Waals surface area contributed by atoms with Crippen LogP contribution in [0.2, 0.25) is 0 Å². The van der Waals surface area contributed by atoms with E-state index in [0.29, 0.717) is 17.8 Å². The Bertz CT molecular complexity index is 829. The molecule has 5 unspecified atom stereocenters. The molecule has 0 bridgehead atoms. The van der Waals surface area contributed by atoms with Crippen LogP contribution >= 0.6 is 12.6 Å². The second kappa shape index (κ2) is 9.01. The lowest BCUT2D eigenvalue weighted by Gasteiger charge is -2.57. The number of aliphatic hydroxyl groups is 1. The molecule has 0 aromatic carbocycles. The maximum Gasteiger partial charge on any atom is 0.327 e. The van der Waals surface area contributed by atoms with E-state index in [1.807, 2.05) is 0 Å². The molecule has 0 saturated heterocycles. The average Bonchev–Trinajstić information content (AvgIpc) is 3.06. The van der Waals surface area contributed by atoms with Crippen molar-refractivity contribution in [3.63, 3.8) is 0 Å². The molecule has 8 heteroatoms. The number of carbonyl (C=O) groups excluding carboxylic acids is 1. The molecule has 7 atom stereocenters. The summed E-state index contributed by atoms with van der Waals surface area (Å²) in [6.45, 7) is 4.42. The zero-order valence-electron chi connectivity index (χ0n) is 19.0. The maximum absolute atomic E-state index is 11.9. The largest absolute Gasteiger partial charge is 0.480 e. The third-order valence-corrected chi connectivity index (χ3v) is 9.49. The van der Waals surface area contributed by atoms with Crippen LogP contribution in [0, 0.1) is 28.6 Å². The van der Waals surface area contributed by atoms with Crippen molar-refractivity contribution >= 4 is 30.2 Å². The van der Waals surface area contributed by atoms with Crippen molar-refractivity contribution in [3.05, 3.63) is 11.6 Å². The first-order valence-corrected chi connectivity index (χ1v) is 12.5. The Labute approximate surface area is 195 Å². The first kappa shape index (κ1) is 23.6. The molecular weight excluding hydrogens is 428 g/mol. The summed E-state index contributed by atoms with van der Waals surface area (Å²) in [7, 11) is 0. The molecule has 4 rings (SSSR count). The number of amides is 1. The number of oxime groups is 1. The van der Waals surface area contributed by atoms with Crippen LogP contribution in [0.15, 0.2) is 16.8 Å². The standard InChI is InChI=1S/C24H36N2O5S/c1-23-9-7-15(26-31-12-21(28)25-19(13-32)22(29)30)11-14(23)3-4-16-17-5-6-20(27)24(17,2)10-8-18(16)23/h11,16-20,27,32H,3-10,12-13H2,1-2H3,(H,25,28)(H,29,30)/b26-15+/t16?,17?,18?,19?,20?,23-,24-/m0/s1. The Balaban J connectivity index is 1.39. The van der Waals surface area contributed by atoms with Gasteiger partial charge < -0.3 is 20.4 Å². The van der Waals surface area contributed by atoms with Crippen LogP contribution in [-0.4, -0.2) is 52.3 Å². The molecule has 0 heterocycles. The number of carboxylic acids is 1. The highest BCUT2D eigenvalue weighted by molar-refractivity contribution is 7.80. The van der Waals surface area contributed by atoms with E-state index in [0.717, 1.165) is 44.2 Å². The van der Waals surface area contributed by atoms with E-state index in [2.05, 4.69) is 43.0 Å². The van der Waals surface area contributed by atoms with Gasteiger partial charge >= 0.3 is 5.97 Å². The molecule has 32 heavy (non-hydrogen) atoms. The first-order valence-electron chi connectivity index (χ1n) is 11.9. The quantitative estimate of drug-likeness (QED) is 0.357. The van der Waals surface area contributed by atoms with Gasteiger partial charge in [0.2, 0.25) is 0 Å². The number of carbonyl (C=O) groups is 2. The van der Waals surface area contributed by atoms with Gasteiger partial charge in [0.1, 0.15) is 6.04 Å². The first-order chi connectivity index (χ1) is 15.2. The normalized spacial score (nSPS) is 40.5. The summed E-state index contributed by atoms with van der Waals surface area (Å²) in [6, 6.07) is -1.03. The zero-order chi connectivity index (χ0) is 23.1. The minimum Gasteiger partial charge on any atom is -0.480 e. The van der Waals surface area contributed by atoms with E-state index in [1.165, 1.54) is 18.4 Å².